The lowest BCUT2D eigenvalue weighted by Crippen LogP contribution is -2.47. The van der Waals surface area contributed by atoms with Gasteiger partial charge >= 0.3 is 6.03 Å². The van der Waals surface area contributed by atoms with Crippen LogP contribution in [0.1, 0.15) is 104 Å². The summed E-state index contributed by atoms with van der Waals surface area (Å²) in [5.74, 6) is 2.28. The number of halogens is 1. The van der Waals surface area contributed by atoms with Crippen LogP contribution in [0.4, 0.5) is 22.0 Å². The molecule has 0 spiro atoms. The minimum absolute atomic E-state index is 0.0948. The molecule has 2 N–H and O–H groups in total. The highest BCUT2D eigenvalue weighted by molar-refractivity contribution is 9.10. The van der Waals surface area contributed by atoms with Gasteiger partial charge in [0.05, 0.1) is 54.6 Å². The SMILES string of the molecule is Cc1cnc(NC(=O)Nc2cc(Br)c(C)cc2OC[C@@H]2CN(C(=O)CCCCCCOc3ccc(C(=O)CCC(C)(C)[C@H]4Cc5ccc([N+](=O)[O-])cc5[C@H]5OCC[C@H]54)cc3)CCO2)cn1. The van der Waals surface area contributed by atoms with Crippen molar-refractivity contribution in [3.05, 3.63) is 110 Å². The molecule has 3 aromatic carbocycles. The van der Waals surface area contributed by atoms with Gasteiger partial charge in [-0.15, -0.1) is 0 Å². The van der Waals surface area contributed by atoms with E-state index in [9.17, 15) is 24.5 Å². The van der Waals surface area contributed by atoms with Crippen molar-refractivity contribution in [3.8, 4) is 11.5 Å². The minimum atomic E-state index is -0.490. The number of unbranched alkanes of at least 4 members (excludes halogenated alkanes) is 3. The molecule has 0 radical (unpaired) electrons. The Labute approximate surface area is 388 Å². The van der Waals surface area contributed by atoms with Crippen LogP contribution in [0.5, 0.6) is 11.5 Å². The van der Waals surface area contributed by atoms with Gasteiger partial charge in [-0.3, -0.25) is 30.0 Å². The number of aryl methyl sites for hydroxylation is 2. The van der Waals surface area contributed by atoms with Crippen molar-refractivity contribution in [2.24, 2.45) is 17.3 Å². The number of nitro groups is 1. The number of carbonyl (C=O) groups excluding carboxylic acids is 3. The average molecular weight is 956 g/mol. The van der Waals surface area contributed by atoms with E-state index in [0.717, 1.165) is 77.6 Å². The van der Waals surface area contributed by atoms with Crippen molar-refractivity contribution in [1.29, 1.82) is 0 Å². The number of morpholine rings is 1. The second kappa shape index (κ2) is 21.7. The normalized spacial score (nSPS) is 19.2. The molecule has 1 aliphatic carbocycles. The Morgan fingerprint density at radius 2 is 1.74 bits per heavy atom. The zero-order chi connectivity index (χ0) is 46.1. The van der Waals surface area contributed by atoms with Crippen molar-refractivity contribution in [2.45, 2.75) is 97.7 Å². The van der Waals surface area contributed by atoms with E-state index < -0.39 is 6.03 Å². The van der Waals surface area contributed by atoms with Crippen LogP contribution in [0.15, 0.2) is 71.5 Å². The molecule has 1 aromatic heterocycles. The van der Waals surface area contributed by atoms with Gasteiger partial charge < -0.3 is 29.2 Å². The molecule has 0 unspecified atom stereocenters. The van der Waals surface area contributed by atoms with Gasteiger partial charge in [0, 0.05) is 48.2 Å². The van der Waals surface area contributed by atoms with Gasteiger partial charge in [0.25, 0.3) is 5.69 Å². The van der Waals surface area contributed by atoms with Crippen LogP contribution in [-0.4, -0.2) is 83.1 Å². The number of ketones is 1. The lowest BCUT2D eigenvalue weighted by molar-refractivity contribution is -0.385. The second-order valence-corrected chi connectivity index (χ2v) is 18.9. The summed E-state index contributed by atoms with van der Waals surface area (Å²) in [6.07, 6.45) is 9.41. The first-order chi connectivity index (χ1) is 31.2. The van der Waals surface area contributed by atoms with Crippen LogP contribution in [0.25, 0.3) is 0 Å². The number of fused-ring (bicyclic) bond motifs is 3. The van der Waals surface area contributed by atoms with Crippen molar-refractivity contribution >= 4 is 50.8 Å². The second-order valence-electron chi connectivity index (χ2n) is 18.0. The summed E-state index contributed by atoms with van der Waals surface area (Å²) < 4.78 is 25.0. The van der Waals surface area contributed by atoms with E-state index >= 15 is 0 Å². The zero-order valence-electron chi connectivity index (χ0n) is 37.6. The summed E-state index contributed by atoms with van der Waals surface area (Å²) in [6.45, 7) is 11.0. The highest BCUT2D eigenvalue weighted by atomic mass is 79.9. The predicted octanol–water partition coefficient (Wildman–Crippen LogP) is 9.98. The Bertz CT molecular complexity index is 2330. The maximum absolute atomic E-state index is 13.3. The zero-order valence-corrected chi connectivity index (χ0v) is 39.2. The van der Waals surface area contributed by atoms with Gasteiger partial charge in [0.1, 0.15) is 24.2 Å². The van der Waals surface area contributed by atoms with Crippen LogP contribution < -0.4 is 20.1 Å². The topological polar surface area (TPSA) is 184 Å². The molecule has 3 aliphatic rings. The van der Waals surface area contributed by atoms with E-state index in [1.807, 2.05) is 55.1 Å². The summed E-state index contributed by atoms with van der Waals surface area (Å²) in [7, 11) is 0. The van der Waals surface area contributed by atoms with Gasteiger partial charge in [-0.1, -0.05) is 48.7 Å². The Morgan fingerprint density at radius 1 is 0.938 bits per heavy atom. The third-order valence-electron chi connectivity index (χ3n) is 12.9. The molecule has 3 amide bonds. The molecule has 65 heavy (non-hydrogen) atoms. The van der Waals surface area contributed by atoms with Gasteiger partial charge in [0.2, 0.25) is 5.91 Å². The van der Waals surface area contributed by atoms with E-state index in [4.69, 9.17) is 18.9 Å². The van der Waals surface area contributed by atoms with Crippen LogP contribution >= 0.6 is 15.9 Å². The molecule has 15 nitrogen and oxygen atoms in total. The fraction of sp³-hybridized carbons (Fsp3) is 0.490. The Morgan fingerprint density at radius 3 is 2.51 bits per heavy atom. The molecular weight excluding hydrogens is 896 g/mol. The first kappa shape index (κ1) is 47.5. The van der Waals surface area contributed by atoms with Gasteiger partial charge in [-0.05, 0) is 116 Å². The monoisotopic (exact) mass is 954 g/mol. The summed E-state index contributed by atoms with van der Waals surface area (Å²) in [5, 5.41) is 16.9. The third kappa shape index (κ3) is 12.5. The van der Waals surface area contributed by atoms with Gasteiger partial charge in [0.15, 0.2) is 11.6 Å². The average Bonchev–Trinajstić information content (AvgIpc) is 3.80. The minimum Gasteiger partial charge on any atom is -0.494 e. The number of hydrogen-bond acceptors (Lipinski definition) is 11. The lowest BCUT2D eigenvalue weighted by atomic mass is 9.61. The van der Waals surface area contributed by atoms with E-state index in [1.165, 1.54) is 6.20 Å². The number of urea groups is 1. The maximum atomic E-state index is 13.3. The number of hydrogen-bond donors (Lipinski definition) is 2. The molecule has 2 fully saturated rings. The molecule has 4 atom stereocenters. The standard InChI is InChI=1S/C49H59BrN6O9/c1-31-23-44(42(26-41(31)50)53-48(59)54-45-28-51-32(2)27-52-45)65-30-37-29-55(19-22-63-37)46(58)9-7-5-6-8-20-62-36-14-11-33(12-15-36)43(57)16-18-49(3,4)40-24-34-10-13-35(56(60)61)25-39(34)47-38(40)17-21-64-47/h10-15,23,25-28,37-38,40,47H,5-9,16-22,24,29-30H2,1-4H3,(H2,52,53,54,59)/t37-,38-,40-,47-/m0/s1. The molecule has 0 bridgehead atoms. The predicted molar refractivity (Wildman–Crippen MR) is 250 cm³/mol. The highest BCUT2D eigenvalue weighted by Gasteiger charge is 2.47. The number of aromatic nitrogens is 2. The van der Waals surface area contributed by atoms with Gasteiger partial charge in [-0.2, -0.15) is 0 Å². The van der Waals surface area contributed by atoms with E-state index in [1.54, 1.807) is 24.4 Å². The number of Topliss-reactive ketones (excluding diaryl/α,β-unsaturated/α-hetero) is 1. The van der Waals surface area contributed by atoms with Crippen LogP contribution in [-0.2, 0) is 20.7 Å². The highest BCUT2D eigenvalue weighted by Crippen LogP contribution is 2.53. The number of nitro benzene ring substituents is 1. The summed E-state index contributed by atoms with van der Waals surface area (Å²) >= 11 is 3.53. The fourth-order valence-corrected chi connectivity index (χ4v) is 9.48. The molecule has 3 heterocycles. The van der Waals surface area contributed by atoms with E-state index in [2.05, 4.69) is 50.4 Å². The first-order valence-corrected chi connectivity index (χ1v) is 23.4. The molecule has 7 rings (SSSR count). The summed E-state index contributed by atoms with van der Waals surface area (Å²) in [4.78, 5) is 60.5. The quantitative estimate of drug-likeness (QED) is 0.0395. The smallest absolute Gasteiger partial charge is 0.325 e. The molecule has 0 saturated carbocycles. The lowest BCUT2D eigenvalue weighted by Gasteiger charge is -2.44. The van der Waals surface area contributed by atoms with Crippen LogP contribution in [0.3, 0.4) is 0 Å². The summed E-state index contributed by atoms with van der Waals surface area (Å²) in [6, 6.07) is 15.7. The number of anilines is 2. The van der Waals surface area contributed by atoms with Crippen molar-refractivity contribution in [3.63, 3.8) is 0 Å². The summed E-state index contributed by atoms with van der Waals surface area (Å²) in [5.41, 5.74) is 4.82. The molecule has 16 heteroatoms. The number of nitrogens with one attached hydrogen (secondary N) is 2. The number of ether oxygens (including phenoxy) is 4. The van der Waals surface area contributed by atoms with Crippen LogP contribution in [0.2, 0.25) is 0 Å². The van der Waals surface area contributed by atoms with E-state index in [-0.39, 0.29) is 52.4 Å². The molecule has 346 valence electrons. The Kier molecular flexibility index (Phi) is 15.9. The van der Waals surface area contributed by atoms with Crippen molar-refractivity contribution in [1.82, 2.24) is 14.9 Å². The number of non-ortho nitro benzene ring substituents is 1. The molecule has 2 saturated heterocycles. The third-order valence-corrected chi connectivity index (χ3v) is 13.8. The van der Waals surface area contributed by atoms with Gasteiger partial charge in [-0.25, -0.2) is 9.78 Å². The Balaban J connectivity index is 0.780. The number of rotatable bonds is 19. The number of amides is 3. The number of nitrogens with zero attached hydrogens (tertiary/aromatic N) is 4. The molecule has 4 aromatic rings. The maximum Gasteiger partial charge on any atom is 0.325 e. The number of carbonyl (C=O) groups is 3. The molecular formula is C49H59BrN6O9. The first-order valence-electron chi connectivity index (χ1n) is 22.6. The molecule has 2 aliphatic heterocycles. The largest absolute Gasteiger partial charge is 0.494 e. The van der Waals surface area contributed by atoms with Crippen molar-refractivity contribution in [2.75, 3.05) is 50.2 Å². The fourth-order valence-electron chi connectivity index (χ4n) is 9.14. The van der Waals surface area contributed by atoms with Crippen LogP contribution in [0, 0.1) is 41.2 Å². The Hall–Kier alpha value is -5.45. The number of benzene rings is 3. The van der Waals surface area contributed by atoms with Crippen molar-refractivity contribution < 1.29 is 38.3 Å². The van der Waals surface area contributed by atoms with E-state index in [0.29, 0.717) is 74.5 Å².